The standard InChI is InChI=1S/C6H5BrClNO3S/c1-12-6-5(7)2-4(3-9-6)13(8,10)11/h2-3H,1H3. The van der Waals surface area contributed by atoms with Crippen molar-refractivity contribution in [2.24, 2.45) is 0 Å². The fraction of sp³-hybridized carbons (Fsp3) is 0.167. The lowest BCUT2D eigenvalue weighted by Gasteiger charge is -2.02. The van der Waals surface area contributed by atoms with E-state index < -0.39 is 9.05 Å². The number of hydrogen-bond donors (Lipinski definition) is 0. The van der Waals surface area contributed by atoms with Crippen molar-refractivity contribution >= 4 is 35.7 Å². The van der Waals surface area contributed by atoms with Crippen LogP contribution in [0.5, 0.6) is 5.88 Å². The van der Waals surface area contributed by atoms with Gasteiger partial charge in [-0.25, -0.2) is 13.4 Å². The van der Waals surface area contributed by atoms with E-state index in [1.807, 2.05) is 0 Å². The normalized spacial score (nSPS) is 11.3. The van der Waals surface area contributed by atoms with E-state index in [0.717, 1.165) is 6.20 Å². The van der Waals surface area contributed by atoms with Crippen molar-refractivity contribution in [3.8, 4) is 5.88 Å². The molecule has 0 radical (unpaired) electrons. The average molecular weight is 287 g/mol. The molecule has 0 aliphatic rings. The molecule has 0 spiro atoms. The number of nitrogens with zero attached hydrogens (tertiary/aromatic N) is 1. The van der Waals surface area contributed by atoms with E-state index in [2.05, 4.69) is 20.9 Å². The van der Waals surface area contributed by atoms with Crippen LogP contribution in [0.15, 0.2) is 21.6 Å². The summed E-state index contributed by atoms with van der Waals surface area (Å²) in [4.78, 5) is 3.66. The summed E-state index contributed by atoms with van der Waals surface area (Å²) >= 11 is 3.09. The van der Waals surface area contributed by atoms with E-state index in [0.29, 0.717) is 10.4 Å². The molecule has 0 fully saturated rings. The van der Waals surface area contributed by atoms with Gasteiger partial charge in [-0.15, -0.1) is 0 Å². The van der Waals surface area contributed by atoms with Gasteiger partial charge in [-0.1, -0.05) is 0 Å². The van der Waals surface area contributed by atoms with Gasteiger partial charge in [-0.3, -0.25) is 0 Å². The van der Waals surface area contributed by atoms with E-state index in [-0.39, 0.29) is 4.90 Å². The molecule has 72 valence electrons. The summed E-state index contributed by atoms with van der Waals surface area (Å²) in [5, 5.41) is 0. The second-order valence-corrected chi connectivity index (χ2v) is 5.52. The second-order valence-electron chi connectivity index (χ2n) is 2.10. The molecule has 0 unspecified atom stereocenters. The van der Waals surface area contributed by atoms with Crippen molar-refractivity contribution in [1.29, 1.82) is 0 Å². The Morgan fingerprint density at radius 2 is 2.23 bits per heavy atom. The van der Waals surface area contributed by atoms with Gasteiger partial charge in [0, 0.05) is 10.7 Å². The number of aromatic nitrogens is 1. The zero-order chi connectivity index (χ0) is 10.1. The molecular formula is C6H5BrClNO3S. The van der Waals surface area contributed by atoms with E-state index >= 15 is 0 Å². The Labute approximate surface area is 88.4 Å². The van der Waals surface area contributed by atoms with Gasteiger partial charge in [0.25, 0.3) is 9.05 Å². The van der Waals surface area contributed by atoms with E-state index in [9.17, 15) is 8.42 Å². The van der Waals surface area contributed by atoms with E-state index in [4.69, 9.17) is 15.4 Å². The zero-order valence-corrected chi connectivity index (χ0v) is 9.65. The quantitative estimate of drug-likeness (QED) is 0.778. The minimum atomic E-state index is -3.73. The van der Waals surface area contributed by atoms with Crippen molar-refractivity contribution in [2.45, 2.75) is 4.90 Å². The molecule has 0 aliphatic heterocycles. The number of hydrogen-bond acceptors (Lipinski definition) is 4. The summed E-state index contributed by atoms with van der Waals surface area (Å²) in [6.07, 6.45) is 1.13. The van der Waals surface area contributed by atoms with Crippen molar-refractivity contribution in [3.05, 3.63) is 16.7 Å². The highest BCUT2D eigenvalue weighted by Gasteiger charge is 2.13. The second kappa shape index (κ2) is 3.81. The molecule has 1 heterocycles. The van der Waals surface area contributed by atoms with Crippen molar-refractivity contribution in [3.63, 3.8) is 0 Å². The number of ether oxygens (including phenoxy) is 1. The molecule has 13 heavy (non-hydrogen) atoms. The molecule has 0 N–H and O–H groups in total. The van der Waals surface area contributed by atoms with Crippen LogP contribution in [0.1, 0.15) is 0 Å². The Balaban J connectivity index is 3.26. The predicted molar refractivity (Wildman–Crippen MR) is 51.5 cm³/mol. The van der Waals surface area contributed by atoms with Crippen molar-refractivity contribution in [1.82, 2.24) is 4.98 Å². The molecule has 0 aromatic carbocycles. The maximum absolute atomic E-state index is 10.8. The summed E-state index contributed by atoms with van der Waals surface area (Å²) < 4.78 is 27.0. The van der Waals surface area contributed by atoms with Crippen LogP contribution in [0.25, 0.3) is 0 Å². The lowest BCUT2D eigenvalue weighted by atomic mass is 10.5. The first-order chi connectivity index (χ1) is 5.95. The third-order valence-electron chi connectivity index (χ3n) is 1.26. The van der Waals surface area contributed by atoms with Gasteiger partial charge in [-0.05, 0) is 22.0 Å². The van der Waals surface area contributed by atoms with Gasteiger partial charge in [0.05, 0.1) is 17.8 Å². The molecule has 7 heteroatoms. The maximum Gasteiger partial charge on any atom is 0.262 e. The van der Waals surface area contributed by atoms with Crippen LogP contribution in [0.4, 0.5) is 0 Å². The monoisotopic (exact) mass is 285 g/mol. The van der Waals surface area contributed by atoms with Gasteiger partial charge >= 0.3 is 0 Å². The number of pyridine rings is 1. The highest BCUT2D eigenvalue weighted by molar-refractivity contribution is 9.10. The minimum absolute atomic E-state index is 0.0677. The SMILES string of the molecule is COc1ncc(S(=O)(=O)Cl)cc1Br. The minimum Gasteiger partial charge on any atom is -0.480 e. The first-order valence-corrected chi connectivity index (χ1v) is 6.19. The van der Waals surface area contributed by atoms with Crippen molar-refractivity contribution < 1.29 is 13.2 Å². The van der Waals surface area contributed by atoms with Gasteiger partial charge < -0.3 is 4.74 Å². The third kappa shape index (κ3) is 2.55. The molecule has 1 rings (SSSR count). The Kier molecular flexibility index (Phi) is 3.15. The molecule has 0 saturated carbocycles. The van der Waals surface area contributed by atoms with Crippen LogP contribution >= 0.6 is 26.6 Å². The number of rotatable bonds is 2. The first-order valence-electron chi connectivity index (χ1n) is 3.09. The Hall–Kier alpha value is -0.330. The smallest absolute Gasteiger partial charge is 0.262 e. The fourth-order valence-corrected chi connectivity index (χ4v) is 2.04. The third-order valence-corrected chi connectivity index (χ3v) is 3.15. The van der Waals surface area contributed by atoms with E-state index in [1.54, 1.807) is 0 Å². The molecule has 0 saturated heterocycles. The van der Waals surface area contributed by atoms with Crippen LogP contribution in [0.3, 0.4) is 0 Å². The van der Waals surface area contributed by atoms with Crippen LogP contribution in [0.2, 0.25) is 0 Å². The average Bonchev–Trinajstić information content (AvgIpc) is 2.02. The molecule has 0 atom stereocenters. The molecule has 0 bridgehead atoms. The van der Waals surface area contributed by atoms with Crippen LogP contribution in [0, 0.1) is 0 Å². The maximum atomic E-state index is 10.8. The number of halogens is 2. The molecule has 1 aromatic rings. The van der Waals surface area contributed by atoms with Gasteiger partial charge in [-0.2, -0.15) is 0 Å². The highest BCUT2D eigenvalue weighted by Crippen LogP contribution is 2.25. The van der Waals surface area contributed by atoms with E-state index in [1.165, 1.54) is 13.2 Å². The molecular weight excluding hydrogens is 281 g/mol. The highest BCUT2D eigenvalue weighted by atomic mass is 79.9. The zero-order valence-electron chi connectivity index (χ0n) is 6.49. The summed E-state index contributed by atoms with van der Waals surface area (Å²) in [7, 11) is 2.80. The summed E-state index contributed by atoms with van der Waals surface area (Å²) in [5.74, 6) is 0.309. The summed E-state index contributed by atoms with van der Waals surface area (Å²) in [5.41, 5.74) is 0. The molecule has 0 aliphatic carbocycles. The Bertz CT molecular complexity index is 420. The van der Waals surface area contributed by atoms with Crippen LogP contribution < -0.4 is 4.74 Å². The van der Waals surface area contributed by atoms with Gasteiger partial charge in [0.15, 0.2) is 0 Å². The fourth-order valence-electron chi connectivity index (χ4n) is 0.691. The summed E-state index contributed by atoms with van der Waals surface area (Å²) in [6, 6.07) is 1.33. The van der Waals surface area contributed by atoms with Gasteiger partial charge in [0.2, 0.25) is 5.88 Å². The molecule has 1 aromatic heterocycles. The lowest BCUT2D eigenvalue weighted by molar-refractivity contribution is 0.394. The lowest BCUT2D eigenvalue weighted by Crippen LogP contribution is -1.94. The molecule has 0 amide bonds. The van der Waals surface area contributed by atoms with Crippen LogP contribution in [-0.2, 0) is 9.05 Å². The summed E-state index contributed by atoms with van der Waals surface area (Å²) in [6.45, 7) is 0. The number of methoxy groups -OCH3 is 1. The Morgan fingerprint density at radius 1 is 1.62 bits per heavy atom. The van der Waals surface area contributed by atoms with Crippen LogP contribution in [-0.4, -0.2) is 20.5 Å². The van der Waals surface area contributed by atoms with Gasteiger partial charge in [0.1, 0.15) is 4.90 Å². The van der Waals surface area contributed by atoms with Crippen molar-refractivity contribution in [2.75, 3.05) is 7.11 Å². The topological polar surface area (TPSA) is 56.3 Å². The first kappa shape index (κ1) is 10.7. The molecule has 4 nitrogen and oxygen atoms in total. The Morgan fingerprint density at radius 3 is 2.62 bits per heavy atom. The predicted octanol–water partition coefficient (Wildman–Crippen LogP) is 1.78. The largest absolute Gasteiger partial charge is 0.480 e.